The van der Waals surface area contributed by atoms with Gasteiger partial charge in [-0.05, 0) is 6.92 Å². The minimum atomic E-state index is -1.21. The van der Waals surface area contributed by atoms with Gasteiger partial charge in [0.05, 0.1) is 0 Å². The fraction of sp³-hybridized carbons (Fsp3) is 0.250. The molecule has 0 aromatic heterocycles. The van der Waals surface area contributed by atoms with Crippen LogP contribution in [0.2, 0.25) is 0 Å². The lowest BCUT2D eigenvalue weighted by atomic mass is 10.4. The average Bonchev–Trinajstić information content (AvgIpc) is 1.65. The second-order valence-electron chi connectivity index (χ2n) is 1.03. The molecule has 0 aliphatic carbocycles. The maximum absolute atomic E-state index is 9.63. The summed E-state index contributed by atoms with van der Waals surface area (Å²) in [6.45, 7) is 1.19. The van der Waals surface area contributed by atoms with Crippen molar-refractivity contribution in [3.05, 3.63) is 5.57 Å². The molecule has 0 aromatic rings. The van der Waals surface area contributed by atoms with Gasteiger partial charge in [0.25, 0.3) is 0 Å². The molecule has 8 heavy (non-hydrogen) atoms. The molecule has 0 bridgehead atoms. The van der Waals surface area contributed by atoms with Crippen LogP contribution in [0.15, 0.2) is 5.57 Å². The van der Waals surface area contributed by atoms with E-state index in [0.717, 1.165) is 0 Å². The third-order valence-electron chi connectivity index (χ3n) is 0.474. The fourth-order valence-corrected chi connectivity index (χ4v) is 0.0437. The molecular weight excluding hydrogens is 112 g/mol. The quantitative estimate of drug-likeness (QED) is 0.354. The number of aliphatic carboxylic acids is 1. The maximum Gasteiger partial charge on any atom is 0.342 e. The third kappa shape index (κ3) is 3.08. The summed E-state index contributed by atoms with van der Waals surface area (Å²) in [5.74, 6) is 0.0185. The lowest BCUT2D eigenvalue weighted by molar-refractivity contribution is -0.132. The monoisotopic (exact) mass is 118 g/mol. The molecule has 0 unspecified atom stereocenters. The number of hydrogen-bond donors (Lipinski definition) is 1. The van der Waals surface area contributed by atoms with Crippen LogP contribution in [0.3, 0.4) is 0 Å². The van der Waals surface area contributed by atoms with Crippen LogP contribution in [0, 0.1) is 0 Å². The van der Waals surface area contributed by atoms with E-state index in [9.17, 15) is 9.59 Å². The number of hydrogen-bond acceptors (Lipinski definition) is 2. The molecule has 0 amide bonds. The summed E-state index contributed by atoms with van der Waals surface area (Å²) in [6, 6.07) is 0. The number of carbonyl (C=O) groups is 1. The van der Waals surface area contributed by atoms with E-state index in [1.165, 1.54) is 12.9 Å². The largest absolute Gasteiger partial charge is 0.477 e. The first-order valence-electron chi connectivity index (χ1n) is 1.63. The molecule has 3 N–H and O–H groups in total. The fourth-order valence-electron chi connectivity index (χ4n) is 0.0437. The SMILES string of the molecule is CC(=C=O)C(=O)O.O. The van der Waals surface area contributed by atoms with Gasteiger partial charge in [0.15, 0.2) is 0 Å². The van der Waals surface area contributed by atoms with Crippen LogP contribution in [-0.4, -0.2) is 22.5 Å². The van der Waals surface area contributed by atoms with Crippen molar-refractivity contribution in [3.63, 3.8) is 0 Å². The first-order valence-corrected chi connectivity index (χ1v) is 1.63. The molecule has 0 heterocycles. The normalized spacial score (nSPS) is 6.12. The van der Waals surface area contributed by atoms with E-state index in [1.54, 1.807) is 0 Å². The predicted octanol–water partition coefficient (Wildman–Crippen LogP) is -0.976. The summed E-state index contributed by atoms with van der Waals surface area (Å²) in [7, 11) is 0. The summed E-state index contributed by atoms with van der Waals surface area (Å²) in [6.07, 6.45) is 0. The van der Waals surface area contributed by atoms with Gasteiger partial charge in [-0.2, -0.15) is 0 Å². The van der Waals surface area contributed by atoms with Crippen molar-refractivity contribution in [2.24, 2.45) is 0 Å². The van der Waals surface area contributed by atoms with Crippen LogP contribution < -0.4 is 0 Å². The van der Waals surface area contributed by atoms with E-state index in [4.69, 9.17) is 5.11 Å². The highest BCUT2D eigenvalue weighted by Gasteiger charge is 1.96. The molecule has 0 saturated heterocycles. The Morgan fingerprint density at radius 3 is 2.00 bits per heavy atom. The first-order chi connectivity index (χ1) is 3.18. The van der Waals surface area contributed by atoms with Crippen molar-refractivity contribution in [2.75, 3.05) is 0 Å². The summed E-state index contributed by atoms with van der Waals surface area (Å²) >= 11 is 0. The van der Waals surface area contributed by atoms with Gasteiger partial charge in [-0.1, -0.05) is 0 Å². The highest BCUT2D eigenvalue weighted by molar-refractivity contribution is 5.94. The molecular formula is C4H6O4. The van der Waals surface area contributed by atoms with Crippen molar-refractivity contribution >= 4 is 11.9 Å². The second kappa shape index (κ2) is 4.05. The van der Waals surface area contributed by atoms with E-state index in [2.05, 4.69) is 0 Å². The van der Waals surface area contributed by atoms with Crippen molar-refractivity contribution in [2.45, 2.75) is 6.92 Å². The summed E-state index contributed by atoms with van der Waals surface area (Å²) < 4.78 is 0. The molecule has 0 saturated carbocycles. The van der Waals surface area contributed by atoms with Crippen molar-refractivity contribution in [1.29, 1.82) is 0 Å². The zero-order valence-electron chi connectivity index (χ0n) is 4.26. The molecule has 0 spiro atoms. The molecule has 0 aromatic carbocycles. The Labute approximate surface area is 45.7 Å². The molecule has 0 fully saturated rings. The van der Waals surface area contributed by atoms with Gasteiger partial charge in [-0.15, -0.1) is 0 Å². The predicted molar refractivity (Wildman–Crippen MR) is 26.1 cm³/mol. The molecule has 4 heteroatoms. The maximum atomic E-state index is 9.63. The van der Waals surface area contributed by atoms with Gasteiger partial charge in [0, 0.05) is 0 Å². The van der Waals surface area contributed by atoms with Gasteiger partial charge in [0.2, 0.25) is 0 Å². The Balaban J connectivity index is 0. The summed E-state index contributed by atoms with van der Waals surface area (Å²) in [4.78, 5) is 19.0. The van der Waals surface area contributed by atoms with Crippen LogP contribution in [0.4, 0.5) is 0 Å². The number of rotatable bonds is 1. The highest BCUT2D eigenvalue weighted by atomic mass is 16.4. The molecule has 0 rings (SSSR count). The third-order valence-corrected chi connectivity index (χ3v) is 0.474. The summed E-state index contributed by atoms with van der Waals surface area (Å²) in [5, 5.41) is 7.88. The van der Waals surface area contributed by atoms with Crippen LogP contribution in [0.5, 0.6) is 0 Å². The van der Waals surface area contributed by atoms with E-state index < -0.39 is 5.97 Å². The zero-order chi connectivity index (χ0) is 5.86. The zero-order valence-corrected chi connectivity index (χ0v) is 4.26. The topological polar surface area (TPSA) is 85.9 Å². The van der Waals surface area contributed by atoms with Gasteiger partial charge in [0.1, 0.15) is 11.5 Å². The van der Waals surface area contributed by atoms with E-state index in [0.29, 0.717) is 0 Å². The highest BCUT2D eigenvalue weighted by Crippen LogP contribution is 1.79. The first kappa shape index (κ1) is 9.99. The molecule has 0 radical (unpaired) electrons. The summed E-state index contributed by atoms with van der Waals surface area (Å²) in [5.41, 5.74) is -0.292. The van der Waals surface area contributed by atoms with Gasteiger partial charge < -0.3 is 10.6 Å². The molecule has 46 valence electrons. The standard InChI is InChI=1S/C4H4O3.H2O/c1-3(2-5)4(6)7;/h1H3,(H,6,7);1H2. The van der Waals surface area contributed by atoms with Crippen LogP contribution in [0.25, 0.3) is 0 Å². The van der Waals surface area contributed by atoms with E-state index >= 15 is 0 Å². The van der Waals surface area contributed by atoms with Crippen molar-refractivity contribution in [3.8, 4) is 0 Å². The Morgan fingerprint density at radius 1 is 1.62 bits per heavy atom. The molecule has 0 atom stereocenters. The Morgan fingerprint density at radius 2 is 2.00 bits per heavy atom. The number of carboxylic acids is 1. The molecule has 4 nitrogen and oxygen atoms in total. The molecule has 0 aliphatic heterocycles. The van der Waals surface area contributed by atoms with Gasteiger partial charge in [-0.3, -0.25) is 0 Å². The van der Waals surface area contributed by atoms with Crippen LogP contribution in [-0.2, 0) is 9.59 Å². The van der Waals surface area contributed by atoms with E-state index in [1.807, 2.05) is 0 Å². The lowest BCUT2D eigenvalue weighted by Gasteiger charge is -1.77. The molecule has 0 aliphatic rings. The number of carbonyl (C=O) groups excluding carboxylic acids is 1. The average molecular weight is 118 g/mol. The Kier molecular flexibility index (Phi) is 5.06. The lowest BCUT2D eigenvalue weighted by Crippen LogP contribution is -1.95. The van der Waals surface area contributed by atoms with Gasteiger partial charge in [-0.25, -0.2) is 9.59 Å². The van der Waals surface area contributed by atoms with Crippen molar-refractivity contribution < 1.29 is 20.2 Å². The van der Waals surface area contributed by atoms with Crippen molar-refractivity contribution in [1.82, 2.24) is 0 Å². The number of carboxylic acid groups (broad SMARTS) is 1. The minimum Gasteiger partial charge on any atom is -0.477 e. The van der Waals surface area contributed by atoms with E-state index in [-0.39, 0.29) is 11.0 Å². The Bertz CT molecular complexity index is 131. The second-order valence-corrected chi connectivity index (χ2v) is 1.03. The minimum absolute atomic E-state index is 0. The van der Waals surface area contributed by atoms with Crippen LogP contribution >= 0.6 is 0 Å². The van der Waals surface area contributed by atoms with Crippen LogP contribution in [0.1, 0.15) is 6.92 Å². The van der Waals surface area contributed by atoms with Gasteiger partial charge >= 0.3 is 5.97 Å². The smallest absolute Gasteiger partial charge is 0.342 e. The Hall–Kier alpha value is -1.12.